The molecular formula is C38H30. The molecule has 0 nitrogen and oxygen atoms in total. The quantitative estimate of drug-likeness (QED) is 0.238. The van der Waals surface area contributed by atoms with E-state index in [0.717, 1.165) is 0 Å². The Morgan fingerprint density at radius 3 is 2.08 bits per heavy atom. The minimum absolute atomic E-state index is 0.323. The number of rotatable bonds is 3. The maximum atomic E-state index is 2.51. The van der Waals surface area contributed by atoms with E-state index in [1.165, 1.54) is 67.3 Å². The Labute approximate surface area is 225 Å². The van der Waals surface area contributed by atoms with Crippen molar-refractivity contribution in [3.8, 4) is 11.1 Å². The lowest BCUT2D eigenvalue weighted by molar-refractivity contribution is 0.754. The SMILES string of the molecule is Cc1ccc(C2(c3ccc(C)cc3)C3=C(c4ccc(-c5cccc6ccccc56)cc42)C2CC2C=C3)cc1. The molecule has 0 aromatic heterocycles. The molecule has 2 unspecified atom stereocenters. The third kappa shape index (κ3) is 2.98. The first-order chi connectivity index (χ1) is 18.6. The Morgan fingerprint density at radius 2 is 1.34 bits per heavy atom. The molecule has 0 aliphatic heterocycles. The summed E-state index contributed by atoms with van der Waals surface area (Å²) in [5.41, 5.74) is 13.5. The predicted molar refractivity (Wildman–Crippen MR) is 159 cm³/mol. The molecule has 0 saturated heterocycles. The summed E-state index contributed by atoms with van der Waals surface area (Å²) in [4.78, 5) is 0. The van der Waals surface area contributed by atoms with E-state index in [0.29, 0.717) is 11.8 Å². The highest BCUT2D eigenvalue weighted by molar-refractivity contribution is 5.98. The maximum Gasteiger partial charge on any atom is 0.0710 e. The smallest absolute Gasteiger partial charge is 0.0710 e. The summed E-state index contributed by atoms with van der Waals surface area (Å²) in [7, 11) is 0. The lowest BCUT2D eigenvalue weighted by Gasteiger charge is -2.35. The molecule has 0 bridgehead atoms. The molecule has 1 fully saturated rings. The fourth-order valence-electron chi connectivity index (χ4n) is 7.22. The zero-order chi connectivity index (χ0) is 25.4. The molecule has 2 atom stereocenters. The second kappa shape index (κ2) is 7.92. The van der Waals surface area contributed by atoms with E-state index in [-0.39, 0.29) is 5.41 Å². The molecule has 0 heterocycles. The number of hydrogen-bond donors (Lipinski definition) is 0. The monoisotopic (exact) mass is 486 g/mol. The molecule has 0 spiro atoms. The first-order valence-electron chi connectivity index (χ1n) is 13.8. The van der Waals surface area contributed by atoms with Crippen LogP contribution in [0.25, 0.3) is 27.5 Å². The van der Waals surface area contributed by atoms with E-state index in [1.54, 1.807) is 5.57 Å². The summed E-state index contributed by atoms with van der Waals surface area (Å²) in [5, 5.41) is 2.60. The summed E-state index contributed by atoms with van der Waals surface area (Å²) in [6.45, 7) is 4.37. The molecule has 182 valence electrons. The van der Waals surface area contributed by atoms with Gasteiger partial charge in [0.2, 0.25) is 0 Å². The van der Waals surface area contributed by atoms with E-state index < -0.39 is 0 Å². The highest BCUT2D eigenvalue weighted by Gasteiger charge is 2.53. The van der Waals surface area contributed by atoms with Crippen molar-refractivity contribution in [1.82, 2.24) is 0 Å². The van der Waals surface area contributed by atoms with Crippen molar-refractivity contribution in [1.29, 1.82) is 0 Å². The second-order valence-electron chi connectivity index (χ2n) is 11.5. The van der Waals surface area contributed by atoms with Gasteiger partial charge in [-0.25, -0.2) is 0 Å². The summed E-state index contributed by atoms with van der Waals surface area (Å²) >= 11 is 0. The minimum Gasteiger partial charge on any atom is -0.0804 e. The number of hydrogen-bond acceptors (Lipinski definition) is 0. The summed E-state index contributed by atoms with van der Waals surface area (Å²) in [6, 6.07) is 41.4. The second-order valence-corrected chi connectivity index (χ2v) is 11.5. The van der Waals surface area contributed by atoms with Crippen molar-refractivity contribution in [2.75, 3.05) is 0 Å². The van der Waals surface area contributed by atoms with E-state index in [9.17, 15) is 0 Å². The van der Waals surface area contributed by atoms with Gasteiger partial charge in [0.05, 0.1) is 5.41 Å². The van der Waals surface area contributed by atoms with Gasteiger partial charge in [-0.3, -0.25) is 0 Å². The molecule has 3 aliphatic rings. The van der Waals surface area contributed by atoms with Crippen LogP contribution >= 0.6 is 0 Å². The van der Waals surface area contributed by atoms with Crippen LogP contribution in [0.1, 0.15) is 39.8 Å². The van der Waals surface area contributed by atoms with E-state index >= 15 is 0 Å². The summed E-state index contributed by atoms with van der Waals surface area (Å²) in [5.74, 6) is 1.35. The fourth-order valence-corrected chi connectivity index (χ4v) is 7.22. The van der Waals surface area contributed by atoms with Gasteiger partial charge in [0.15, 0.2) is 0 Å². The van der Waals surface area contributed by atoms with Crippen LogP contribution in [0.4, 0.5) is 0 Å². The Bertz CT molecular complexity index is 1740. The highest BCUT2D eigenvalue weighted by Crippen LogP contribution is 2.64. The van der Waals surface area contributed by atoms with Crippen LogP contribution in [0.3, 0.4) is 0 Å². The van der Waals surface area contributed by atoms with Gasteiger partial charge < -0.3 is 0 Å². The normalized spacial score (nSPS) is 20.3. The number of benzene rings is 5. The van der Waals surface area contributed by atoms with Crippen molar-refractivity contribution in [3.63, 3.8) is 0 Å². The number of allylic oxidation sites excluding steroid dienone is 4. The van der Waals surface area contributed by atoms with Gasteiger partial charge in [-0.1, -0.05) is 126 Å². The van der Waals surface area contributed by atoms with Gasteiger partial charge in [-0.05, 0) is 93.5 Å². The third-order valence-electron chi connectivity index (χ3n) is 9.20. The standard InChI is InChI=1S/C38H30/c1-24-10-16-29(17-11-24)38(30-18-12-25(2)13-19-30)35-21-15-27-22-34(27)37(35)33-20-14-28(23-36(33)38)32-9-5-7-26-6-3-4-8-31(26)32/h3-21,23,27,34H,22H2,1-2H3. The van der Waals surface area contributed by atoms with Crippen LogP contribution in [0, 0.1) is 25.7 Å². The zero-order valence-electron chi connectivity index (χ0n) is 21.9. The molecule has 1 saturated carbocycles. The van der Waals surface area contributed by atoms with Crippen LogP contribution in [0.15, 0.2) is 127 Å². The van der Waals surface area contributed by atoms with Gasteiger partial charge >= 0.3 is 0 Å². The fraction of sp³-hybridized carbons (Fsp3) is 0.158. The van der Waals surface area contributed by atoms with Crippen LogP contribution in [-0.4, -0.2) is 0 Å². The number of aryl methyl sites for hydroxylation is 2. The Balaban J connectivity index is 1.47. The Morgan fingerprint density at radius 1 is 0.658 bits per heavy atom. The van der Waals surface area contributed by atoms with Gasteiger partial charge in [-0.2, -0.15) is 0 Å². The average Bonchev–Trinajstić information content (AvgIpc) is 3.69. The molecule has 5 aromatic carbocycles. The van der Waals surface area contributed by atoms with Crippen molar-refractivity contribution in [3.05, 3.63) is 160 Å². The van der Waals surface area contributed by atoms with E-state index in [1.807, 2.05) is 0 Å². The lowest BCUT2D eigenvalue weighted by atomic mass is 9.66. The van der Waals surface area contributed by atoms with E-state index in [4.69, 9.17) is 0 Å². The predicted octanol–water partition coefficient (Wildman–Crippen LogP) is 9.43. The van der Waals surface area contributed by atoms with Crippen LogP contribution < -0.4 is 0 Å². The molecule has 0 N–H and O–H groups in total. The van der Waals surface area contributed by atoms with Crippen molar-refractivity contribution in [2.45, 2.75) is 25.7 Å². The Hall–Kier alpha value is -4.16. The molecule has 0 radical (unpaired) electrons. The largest absolute Gasteiger partial charge is 0.0804 e. The van der Waals surface area contributed by atoms with Crippen molar-refractivity contribution >= 4 is 16.3 Å². The van der Waals surface area contributed by atoms with Gasteiger partial charge in [0.25, 0.3) is 0 Å². The summed E-state index contributed by atoms with van der Waals surface area (Å²) in [6.07, 6.45) is 6.23. The minimum atomic E-state index is -0.323. The first kappa shape index (κ1) is 21.9. The molecule has 3 aliphatic carbocycles. The van der Waals surface area contributed by atoms with Crippen molar-refractivity contribution in [2.24, 2.45) is 11.8 Å². The Kier molecular flexibility index (Phi) is 4.56. The molecule has 8 rings (SSSR count). The molecule has 38 heavy (non-hydrogen) atoms. The zero-order valence-corrected chi connectivity index (χ0v) is 21.9. The van der Waals surface area contributed by atoms with Gasteiger partial charge in [-0.15, -0.1) is 0 Å². The van der Waals surface area contributed by atoms with E-state index in [2.05, 4.69) is 135 Å². The first-order valence-corrected chi connectivity index (χ1v) is 13.8. The average molecular weight is 487 g/mol. The molecular weight excluding hydrogens is 456 g/mol. The highest BCUT2D eigenvalue weighted by atomic mass is 14.6. The molecule has 0 amide bonds. The third-order valence-corrected chi connectivity index (χ3v) is 9.20. The van der Waals surface area contributed by atoms with Gasteiger partial charge in [0.1, 0.15) is 0 Å². The molecule has 0 heteroatoms. The van der Waals surface area contributed by atoms with Crippen LogP contribution in [-0.2, 0) is 5.41 Å². The lowest BCUT2D eigenvalue weighted by Crippen LogP contribution is -2.29. The van der Waals surface area contributed by atoms with Gasteiger partial charge in [0, 0.05) is 0 Å². The maximum absolute atomic E-state index is 2.51. The molecule has 5 aromatic rings. The topological polar surface area (TPSA) is 0 Å². The van der Waals surface area contributed by atoms with Crippen LogP contribution in [0.2, 0.25) is 0 Å². The number of fused-ring (bicyclic) bond motifs is 5. The van der Waals surface area contributed by atoms with Crippen LogP contribution in [0.5, 0.6) is 0 Å². The van der Waals surface area contributed by atoms with Crippen molar-refractivity contribution < 1.29 is 0 Å². The summed E-state index contributed by atoms with van der Waals surface area (Å²) < 4.78 is 0.